The molecule has 1 aliphatic heterocycles. The summed E-state index contributed by atoms with van der Waals surface area (Å²) in [6.45, 7) is 4.87. The molecule has 2 amide bonds. The number of H-pyrrole nitrogens is 1. The number of carbonyl (C=O) groups excluding carboxylic acids is 2. The number of primary amides is 1. The number of amides is 2. The standard InChI is InChI=1S/C20H20ClN5O2/c1-2-16(27)25-9-7-12(8-10-25)15-11-23-20-17(19(22)28)18(24-26(15)20)13-3-5-14(21)6-4-13/h2-6,11-12,24H,1,7-10H2,(H2,22,28). The molecule has 144 valence electrons. The van der Waals surface area contributed by atoms with E-state index in [9.17, 15) is 9.59 Å². The molecule has 28 heavy (non-hydrogen) atoms. The molecule has 0 bridgehead atoms. The maximum absolute atomic E-state index is 12.1. The number of aromatic amines is 1. The third-order valence-electron chi connectivity index (χ3n) is 5.27. The lowest BCUT2D eigenvalue weighted by molar-refractivity contribution is -0.127. The average molecular weight is 398 g/mol. The van der Waals surface area contributed by atoms with E-state index in [1.807, 2.05) is 16.6 Å². The van der Waals surface area contributed by atoms with Crippen LogP contribution in [0.2, 0.25) is 5.02 Å². The minimum atomic E-state index is -0.542. The molecule has 1 aromatic carbocycles. The van der Waals surface area contributed by atoms with Crippen molar-refractivity contribution in [3.63, 3.8) is 0 Å². The van der Waals surface area contributed by atoms with Gasteiger partial charge in [0.05, 0.1) is 17.6 Å². The Morgan fingerprint density at radius 3 is 2.54 bits per heavy atom. The fourth-order valence-corrected chi connectivity index (χ4v) is 3.94. The number of aromatic nitrogens is 3. The predicted molar refractivity (Wildman–Crippen MR) is 107 cm³/mol. The fourth-order valence-electron chi connectivity index (χ4n) is 3.81. The van der Waals surface area contributed by atoms with Crippen LogP contribution in [0.4, 0.5) is 0 Å². The molecule has 1 fully saturated rings. The van der Waals surface area contributed by atoms with E-state index in [1.165, 1.54) is 6.08 Å². The van der Waals surface area contributed by atoms with Gasteiger partial charge in [-0.1, -0.05) is 30.3 Å². The average Bonchev–Trinajstić information content (AvgIpc) is 3.27. The fraction of sp³-hybridized carbons (Fsp3) is 0.250. The topological polar surface area (TPSA) is 96.5 Å². The highest BCUT2D eigenvalue weighted by molar-refractivity contribution is 6.30. The zero-order valence-corrected chi connectivity index (χ0v) is 15.9. The monoisotopic (exact) mass is 397 g/mol. The molecule has 1 saturated heterocycles. The number of fused-ring (bicyclic) bond motifs is 1. The van der Waals surface area contributed by atoms with Gasteiger partial charge in [-0.15, -0.1) is 0 Å². The molecular weight excluding hydrogens is 378 g/mol. The number of likely N-dealkylation sites (tertiary alicyclic amines) is 1. The first-order valence-electron chi connectivity index (χ1n) is 9.06. The Kier molecular flexibility index (Phi) is 4.68. The summed E-state index contributed by atoms with van der Waals surface area (Å²) in [4.78, 5) is 30.2. The van der Waals surface area contributed by atoms with Crippen molar-refractivity contribution in [2.24, 2.45) is 5.73 Å². The maximum atomic E-state index is 12.1. The molecule has 0 aliphatic carbocycles. The lowest BCUT2D eigenvalue weighted by Gasteiger charge is -2.30. The highest BCUT2D eigenvalue weighted by atomic mass is 35.5. The van der Waals surface area contributed by atoms with Crippen molar-refractivity contribution in [2.45, 2.75) is 18.8 Å². The van der Waals surface area contributed by atoms with E-state index in [0.717, 1.165) is 24.1 Å². The zero-order valence-electron chi connectivity index (χ0n) is 15.2. The van der Waals surface area contributed by atoms with Crippen molar-refractivity contribution < 1.29 is 9.59 Å². The van der Waals surface area contributed by atoms with Crippen molar-refractivity contribution in [1.29, 1.82) is 0 Å². The van der Waals surface area contributed by atoms with Crippen molar-refractivity contribution in [2.75, 3.05) is 13.1 Å². The number of benzene rings is 1. The summed E-state index contributed by atoms with van der Waals surface area (Å²) in [5.74, 6) is -0.362. The van der Waals surface area contributed by atoms with Gasteiger partial charge < -0.3 is 10.6 Å². The summed E-state index contributed by atoms with van der Waals surface area (Å²) in [5.41, 5.74) is 8.92. The Morgan fingerprint density at radius 1 is 1.25 bits per heavy atom. The number of halogens is 1. The first kappa shape index (κ1) is 18.3. The number of nitrogens with zero attached hydrogens (tertiary/aromatic N) is 3. The van der Waals surface area contributed by atoms with Crippen LogP contribution >= 0.6 is 11.6 Å². The normalized spacial score (nSPS) is 15.1. The van der Waals surface area contributed by atoms with Gasteiger partial charge in [-0.2, -0.15) is 0 Å². The molecule has 0 unspecified atom stereocenters. The van der Waals surface area contributed by atoms with Crippen LogP contribution in [-0.4, -0.2) is 44.4 Å². The van der Waals surface area contributed by atoms with Gasteiger partial charge in [-0.3, -0.25) is 14.7 Å². The molecule has 8 heteroatoms. The predicted octanol–water partition coefficient (Wildman–Crippen LogP) is 2.97. The number of carbonyl (C=O) groups is 2. The van der Waals surface area contributed by atoms with Gasteiger partial charge in [0.25, 0.3) is 5.91 Å². The van der Waals surface area contributed by atoms with Gasteiger partial charge >= 0.3 is 0 Å². The van der Waals surface area contributed by atoms with Crippen molar-refractivity contribution in [3.05, 3.63) is 59.4 Å². The van der Waals surface area contributed by atoms with E-state index < -0.39 is 5.91 Å². The summed E-state index contributed by atoms with van der Waals surface area (Å²) < 4.78 is 1.83. The molecule has 0 radical (unpaired) electrons. The van der Waals surface area contributed by atoms with Gasteiger partial charge in [-0.05, 0) is 31.1 Å². The van der Waals surface area contributed by atoms with Crippen LogP contribution in [0, 0.1) is 0 Å². The van der Waals surface area contributed by atoms with Crippen LogP contribution in [-0.2, 0) is 4.79 Å². The molecular formula is C20H20ClN5O2. The smallest absolute Gasteiger partial charge is 0.254 e. The van der Waals surface area contributed by atoms with Crippen LogP contribution < -0.4 is 5.73 Å². The van der Waals surface area contributed by atoms with Gasteiger partial charge in [0.1, 0.15) is 5.56 Å². The third kappa shape index (κ3) is 3.07. The molecule has 0 atom stereocenters. The van der Waals surface area contributed by atoms with Crippen LogP contribution in [0.5, 0.6) is 0 Å². The van der Waals surface area contributed by atoms with E-state index in [0.29, 0.717) is 35.0 Å². The Balaban J connectivity index is 1.71. The van der Waals surface area contributed by atoms with Crippen LogP contribution in [0.15, 0.2) is 43.1 Å². The summed E-state index contributed by atoms with van der Waals surface area (Å²) >= 11 is 5.98. The maximum Gasteiger partial charge on any atom is 0.254 e. The number of hydrogen-bond acceptors (Lipinski definition) is 3. The van der Waals surface area contributed by atoms with E-state index in [-0.39, 0.29) is 11.8 Å². The summed E-state index contributed by atoms with van der Waals surface area (Å²) in [7, 11) is 0. The Labute approximate surface area is 166 Å². The molecule has 1 aliphatic rings. The van der Waals surface area contributed by atoms with E-state index >= 15 is 0 Å². The minimum absolute atomic E-state index is 0.0437. The summed E-state index contributed by atoms with van der Waals surface area (Å²) in [6, 6.07) is 7.19. The number of imidazole rings is 1. The number of rotatable bonds is 4. The van der Waals surface area contributed by atoms with E-state index in [1.54, 1.807) is 23.2 Å². The molecule has 2 aromatic heterocycles. The second-order valence-electron chi connectivity index (χ2n) is 6.88. The van der Waals surface area contributed by atoms with E-state index in [2.05, 4.69) is 16.7 Å². The van der Waals surface area contributed by atoms with E-state index in [4.69, 9.17) is 17.3 Å². The first-order valence-corrected chi connectivity index (χ1v) is 9.43. The van der Waals surface area contributed by atoms with Crippen molar-refractivity contribution in [3.8, 4) is 11.3 Å². The summed E-state index contributed by atoms with van der Waals surface area (Å²) in [6.07, 6.45) is 4.75. The largest absolute Gasteiger partial charge is 0.365 e. The highest BCUT2D eigenvalue weighted by Gasteiger charge is 2.28. The Morgan fingerprint density at radius 2 is 1.93 bits per heavy atom. The quantitative estimate of drug-likeness (QED) is 0.662. The number of piperidine rings is 1. The minimum Gasteiger partial charge on any atom is -0.365 e. The van der Waals surface area contributed by atoms with Gasteiger partial charge in [0.2, 0.25) is 5.91 Å². The molecule has 3 heterocycles. The lowest BCUT2D eigenvalue weighted by atomic mass is 9.94. The zero-order chi connectivity index (χ0) is 19.8. The van der Waals surface area contributed by atoms with Gasteiger partial charge in [0, 0.05) is 29.6 Å². The molecule has 7 nitrogen and oxygen atoms in total. The Hall–Kier alpha value is -3.06. The third-order valence-corrected chi connectivity index (χ3v) is 5.52. The molecule has 4 rings (SSSR count). The summed E-state index contributed by atoms with van der Waals surface area (Å²) in [5, 5.41) is 3.90. The van der Waals surface area contributed by atoms with Gasteiger partial charge in [-0.25, -0.2) is 9.50 Å². The van der Waals surface area contributed by atoms with Crippen LogP contribution in [0.3, 0.4) is 0 Å². The van der Waals surface area contributed by atoms with Crippen LogP contribution in [0.1, 0.15) is 34.8 Å². The lowest BCUT2D eigenvalue weighted by Crippen LogP contribution is -2.37. The van der Waals surface area contributed by atoms with Crippen molar-refractivity contribution >= 4 is 29.1 Å². The van der Waals surface area contributed by atoms with Crippen molar-refractivity contribution in [1.82, 2.24) is 19.5 Å². The molecule has 3 aromatic rings. The Bertz CT molecular complexity index is 1060. The SMILES string of the molecule is C=CC(=O)N1CCC(c2cnc3c(C(N)=O)c(-c4ccc(Cl)cc4)[nH]n23)CC1. The number of hydrogen-bond donors (Lipinski definition) is 2. The van der Waals surface area contributed by atoms with Crippen LogP contribution in [0.25, 0.3) is 16.9 Å². The molecule has 0 saturated carbocycles. The number of nitrogens with one attached hydrogen (secondary N) is 1. The molecule has 3 N–H and O–H groups in total. The second kappa shape index (κ2) is 7.16. The van der Waals surface area contributed by atoms with Gasteiger partial charge in [0.15, 0.2) is 5.65 Å². The molecule has 0 spiro atoms. The number of nitrogens with two attached hydrogens (primary N) is 1. The second-order valence-corrected chi connectivity index (χ2v) is 7.32. The highest BCUT2D eigenvalue weighted by Crippen LogP contribution is 2.32. The first-order chi connectivity index (χ1) is 13.5.